The second-order valence-corrected chi connectivity index (χ2v) is 9.36. The predicted octanol–water partition coefficient (Wildman–Crippen LogP) is 3.48. The van der Waals surface area contributed by atoms with E-state index >= 15 is 0 Å². The molecule has 0 saturated carbocycles. The van der Waals surface area contributed by atoms with Gasteiger partial charge in [-0.05, 0) is 56.3 Å². The lowest BCUT2D eigenvalue weighted by atomic mass is 9.96. The fourth-order valence-electron chi connectivity index (χ4n) is 4.54. The summed E-state index contributed by atoms with van der Waals surface area (Å²) in [6.45, 7) is 4.39. The molecule has 2 aliphatic heterocycles. The van der Waals surface area contributed by atoms with Crippen molar-refractivity contribution in [2.24, 2.45) is 0 Å². The van der Waals surface area contributed by atoms with Gasteiger partial charge in [0.15, 0.2) is 0 Å². The van der Waals surface area contributed by atoms with Crippen LogP contribution in [0.2, 0.25) is 5.02 Å². The number of amides is 3. The van der Waals surface area contributed by atoms with Gasteiger partial charge in [-0.25, -0.2) is 4.39 Å². The molecule has 7 nitrogen and oxygen atoms in total. The number of carbonyl (C=O) groups excluding carboxylic acids is 3. The lowest BCUT2D eigenvalue weighted by Crippen LogP contribution is -2.60. The van der Waals surface area contributed by atoms with Crippen molar-refractivity contribution in [3.05, 3.63) is 70.5 Å². The van der Waals surface area contributed by atoms with E-state index in [1.165, 1.54) is 23.1 Å². The summed E-state index contributed by atoms with van der Waals surface area (Å²) in [5.74, 6) is -1.47. The normalized spacial score (nSPS) is 19.5. The monoisotopic (exact) mass is 487 g/mol. The summed E-state index contributed by atoms with van der Waals surface area (Å²) in [4.78, 5) is 42.6. The topological polar surface area (TPSA) is 79.0 Å². The minimum atomic E-state index is -1.06. The lowest BCUT2D eigenvalue weighted by molar-refractivity contribution is -0.128. The van der Waals surface area contributed by atoms with E-state index in [0.717, 1.165) is 6.07 Å². The Morgan fingerprint density at radius 2 is 1.74 bits per heavy atom. The van der Waals surface area contributed by atoms with Crippen LogP contribution in [0.5, 0.6) is 0 Å². The lowest BCUT2D eigenvalue weighted by Gasteiger charge is -2.44. The first-order valence-electron chi connectivity index (χ1n) is 11.3. The highest BCUT2D eigenvalue weighted by atomic mass is 35.5. The number of piperidine rings is 1. The minimum Gasteiger partial charge on any atom is -0.353 e. The Morgan fingerprint density at radius 1 is 1.06 bits per heavy atom. The number of benzene rings is 2. The second kappa shape index (κ2) is 9.72. The Labute approximate surface area is 202 Å². The minimum absolute atomic E-state index is 0.0325. The van der Waals surface area contributed by atoms with Crippen LogP contribution in [0, 0.1) is 5.82 Å². The zero-order valence-electron chi connectivity index (χ0n) is 19.1. The molecule has 9 heteroatoms. The number of hydrogen-bond acceptors (Lipinski definition) is 4. The van der Waals surface area contributed by atoms with Crippen LogP contribution in [0.25, 0.3) is 0 Å². The van der Waals surface area contributed by atoms with E-state index in [1.54, 1.807) is 29.2 Å². The van der Waals surface area contributed by atoms with Crippen LogP contribution in [0.3, 0.4) is 0 Å². The third-order valence-corrected chi connectivity index (χ3v) is 6.46. The largest absolute Gasteiger partial charge is 0.353 e. The van der Waals surface area contributed by atoms with Crippen molar-refractivity contribution in [3.8, 4) is 0 Å². The fraction of sp³-hybridized carbons (Fsp3) is 0.400. The molecule has 2 aromatic carbocycles. The van der Waals surface area contributed by atoms with Crippen LogP contribution in [-0.4, -0.2) is 65.0 Å². The van der Waals surface area contributed by atoms with Crippen LogP contribution in [-0.2, 0) is 9.53 Å². The molecular weight excluding hydrogens is 461 g/mol. The maximum Gasteiger partial charge on any atom is 0.256 e. The molecule has 0 aliphatic carbocycles. The van der Waals surface area contributed by atoms with Gasteiger partial charge in [-0.1, -0.05) is 17.7 Å². The van der Waals surface area contributed by atoms with Gasteiger partial charge in [0.2, 0.25) is 5.91 Å². The van der Waals surface area contributed by atoms with Gasteiger partial charge in [0.25, 0.3) is 11.8 Å². The first kappa shape index (κ1) is 24.2. The summed E-state index contributed by atoms with van der Waals surface area (Å²) in [6.07, 6.45) is 0.664. The SMILES string of the molecule is CC(C)NC(=O)[C@@H]1COC2(CCN(C(=O)c3ccc(Cl)cc3)CC2)N1C(=O)c1cccc(F)c1. The number of likely N-dealkylation sites (tertiary alicyclic amines) is 1. The van der Waals surface area contributed by atoms with E-state index in [1.807, 2.05) is 13.8 Å². The third-order valence-electron chi connectivity index (χ3n) is 6.21. The van der Waals surface area contributed by atoms with E-state index in [9.17, 15) is 18.8 Å². The summed E-state index contributed by atoms with van der Waals surface area (Å²) < 4.78 is 20.0. The summed E-state index contributed by atoms with van der Waals surface area (Å²) in [7, 11) is 0. The molecule has 1 atom stereocenters. The molecule has 2 fully saturated rings. The summed E-state index contributed by atoms with van der Waals surface area (Å²) >= 11 is 5.93. The molecule has 3 amide bonds. The van der Waals surface area contributed by atoms with Gasteiger partial charge in [-0.15, -0.1) is 0 Å². The average molecular weight is 488 g/mol. The second-order valence-electron chi connectivity index (χ2n) is 8.92. The average Bonchev–Trinajstić information content (AvgIpc) is 3.17. The van der Waals surface area contributed by atoms with Gasteiger partial charge in [-0.3, -0.25) is 19.3 Å². The van der Waals surface area contributed by atoms with Gasteiger partial charge in [-0.2, -0.15) is 0 Å². The van der Waals surface area contributed by atoms with Gasteiger partial charge in [0.05, 0.1) is 6.61 Å². The van der Waals surface area contributed by atoms with E-state index in [4.69, 9.17) is 16.3 Å². The number of ether oxygens (including phenoxy) is 1. The highest BCUT2D eigenvalue weighted by Crippen LogP contribution is 2.39. The summed E-state index contributed by atoms with van der Waals surface area (Å²) in [6, 6.07) is 11.1. The molecule has 2 aromatic rings. The van der Waals surface area contributed by atoms with Gasteiger partial charge in [0, 0.05) is 48.1 Å². The van der Waals surface area contributed by atoms with Crippen molar-refractivity contribution in [3.63, 3.8) is 0 Å². The Morgan fingerprint density at radius 3 is 2.35 bits per heavy atom. The maximum absolute atomic E-state index is 13.9. The van der Waals surface area contributed by atoms with Crippen molar-refractivity contribution >= 4 is 29.3 Å². The van der Waals surface area contributed by atoms with E-state index < -0.39 is 23.5 Å². The van der Waals surface area contributed by atoms with E-state index in [-0.39, 0.29) is 30.0 Å². The molecule has 34 heavy (non-hydrogen) atoms. The van der Waals surface area contributed by atoms with E-state index in [0.29, 0.717) is 36.5 Å². The predicted molar refractivity (Wildman–Crippen MR) is 125 cm³/mol. The number of rotatable bonds is 4. The van der Waals surface area contributed by atoms with Crippen LogP contribution in [0.4, 0.5) is 4.39 Å². The number of carbonyl (C=O) groups is 3. The van der Waals surface area contributed by atoms with Gasteiger partial charge >= 0.3 is 0 Å². The van der Waals surface area contributed by atoms with Crippen molar-refractivity contribution in [1.29, 1.82) is 0 Å². The van der Waals surface area contributed by atoms with Crippen LogP contribution >= 0.6 is 11.6 Å². The molecule has 1 spiro atoms. The van der Waals surface area contributed by atoms with Crippen molar-refractivity contribution in [2.45, 2.75) is 44.5 Å². The molecule has 1 N–H and O–H groups in total. The molecule has 2 saturated heterocycles. The Balaban J connectivity index is 1.58. The first-order chi connectivity index (χ1) is 16.2. The van der Waals surface area contributed by atoms with Gasteiger partial charge in [0.1, 0.15) is 17.6 Å². The number of halogens is 2. The number of nitrogens with one attached hydrogen (secondary N) is 1. The smallest absolute Gasteiger partial charge is 0.256 e. The van der Waals surface area contributed by atoms with Crippen LogP contribution in [0.15, 0.2) is 48.5 Å². The van der Waals surface area contributed by atoms with Gasteiger partial charge < -0.3 is 15.0 Å². The molecule has 0 aromatic heterocycles. The summed E-state index contributed by atoms with van der Waals surface area (Å²) in [5.41, 5.74) is -0.388. The highest BCUT2D eigenvalue weighted by molar-refractivity contribution is 6.30. The van der Waals surface area contributed by atoms with Crippen LogP contribution < -0.4 is 5.32 Å². The maximum atomic E-state index is 13.9. The zero-order chi connectivity index (χ0) is 24.5. The Bertz CT molecular complexity index is 1080. The fourth-order valence-corrected chi connectivity index (χ4v) is 4.67. The highest BCUT2D eigenvalue weighted by Gasteiger charge is 2.54. The molecule has 2 heterocycles. The molecule has 0 unspecified atom stereocenters. The zero-order valence-corrected chi connectivity index (χ0v) is 19.8. The Kier molecular flexibility index (Phi) is 6.91. The third kappa shape index (κ3) is 4.79. The van der Waals surface area contributed by atoms with Crippen LogP contribution in [0.1, 0.15) is 47.4 Å². The molecular formula is C25H27ClFN3O4. The first-order valence-corrected chi connectivity index (χ1v) is 11.7. The molecule has 0 bridgehead atoms. The standard InChI is InChI=1S/C25H27ClFN3O4/c1-16(2)28-22(31)21-15-34-25(30(21)24(33)18-4-3-5-20(27)14-18)10-12-29(13-11-25)23(32)17-6-8-19(26)9-7-17/h3-9,14,16,21H,10-13,15H2,1-2H3,(H,28,31)/t21-/m0/s1. The molecule has 0 radical (unpaired) electrons. The van der Waals surface area contributed by atoms with Crippen molar-refractivity contribution < 1.29 is 23.5 Å². The van der Waals surface area contributed by atoms with Crippen molar-refractivity contribution in [1.82, 2.24) is 15.1 Å². The number of nitrogens with zero attached hydrogens (tertiary/aromatic N) is 2. The molecule has 2 aliphatic rings. The Hall–Kier alpha value is -2.97. The van der Waals surface area contributed by atoms with E-state index in [2.05, 4.69) is 5.32 Å². The summed E-state index contributed by atoms with van der Waals surface area (Å²) in [5, 5.41) is 3.39. The number of hydrogen-bond donors (Lipinski definition) is 1. The molecule has 4 rings (SSSR count). The van der Waals surface area contributed by atoms with Crippen molar-refractivity contribution in [2.75, 3.05) is 19.7 Å². The molecule has 180 valence electrons. The quantitative estimate of drug-likeness (QED) is 0.716.